The summed E-state index contributed by atoms with van der Waals surface area (Å²) >= 11 is 2.19. The SMILES string of the molecule is CNC(CCn1cc(I)cn1)C(N)=O. The molecule has 0 fully saturated rings. The van der Waals surface area contributed by atoms with Gasteiger partial charge in [-0.05, 0) is 36.1 Å². The molecule has 0 aliphatic rings. The number of aryl methyl sites for hydroxylation is 1. The molecule has 1 heterocycles. The summed E-state index contributed by atoms with van der Waals surface area (Å²) < 4.78 is 2.89. The van der Waals surface area contributed by atoms with Gasteiger partial charge >= 0.3 is 0 Å². The van der Waals surface area contributed by atoms with E-state index in [4.69, 9.17) is 5.73 Å². The molecule has 0 radical (unpaired) electrons. The Bertz CT molecular complexity index is 312. The molecule has 5 nitrogen and oxygen atoms in total. The van der Waals surface area contributed by atoms with E-state index in [0.29, 0.717) is 13.0 Å². The van der Waals surface area contributed by atoms with Crippen molar-refractivity contribution in [2.75, 3.05) is 7.05 Å². The first kappa shape index (κ1) is 11.4. The normalized spacial score (nSPS) is 12.7. The molecule has 1 rings (SSSR count). The van der Waals surface area contributed by atoms with E-state index in [9.17, 15) is 4.79 Å². The minimum absolute atomic E-state index is 0.281. The quantitative estimate of drug-likeness (QED) is 0.749. The first-order valence-corrected chi connectivity index (χ1v) is 5.36. The predicted octanol–water partition coefficient (Wildman–Crippen LogP) is -0.0489. The molecule has 1 aromatic rings. The highest BCUT2D eigenvalue weighted by atomic mass is 127. The fraction of sp³-hybridized carbons (Fsp3) is 0.500. The molecule has 0 bridgehead atoms. The van der Waals surface area contributed by atoms with Gasteiger partial charge in [0.2, 0.25) is 5.91 Å². The Hall–Kier alpha value is -0.630. The number of likely N-dealkylation sites (N-methyl/N-ethyl adjacent to an activating group) is 1. The van der Waals surface area contributed by atoms with Crippen LogP contribution in [0.25, 0.3) is 0 Å². The number of carbonyl (C=O) groups is 1. The molecule has 0 aliphatic heterocycles. The molecule has 0 aliphatic carbocycles. The van der Waals surface area contributed by atoms with E-state index in [1.807, 2.05) is 6.20 Å². The van der Waals surface area contributed by atoms with Crippen LogP contribution in [0.5, 0.6) is 0 Å². The van der Waals surface area contributed by atoms with Crippen molar-refractivity contribution in [2.45, 2.75) is 19.0 Å². The van der Waals surface area contributed by atoms with Crippen LogP contribution < -0.4 is 11.1 Å². The van der Waals surface area contributed by atoms with Gasteiger partial charge in [0.25, 0.3) is 0 Å². The van der Waals surface area contributed by atoms with Crippen molar-refractivity contribution >= 4 is 28.5 Å². The molecule has 0 spiro atoms. The van der Waals surface area contributed by atoms with Crippen molar-refractivity contribution in [3.63, 3.8) is 0 Å². The van der Waals surface area contributed by atoms with Crippen molar-refractivity contribution in [3.8, 4) is 0 Å². The van der Waals surface area contributed by atoms with Crippen LogP contribution in [0.4, 0.5) is 0 Å². The number of nitrogens with one attached hydrogen (secondary N) is 1. The molecule has 78 valence electrons. The third kappa shape index (κ3) is 3.26. The zero-order chi connectivity index (χ0) is 10.6. The summed E-state index contributed by atoms with van der Waals surface area (Å²) in [6, 6.07) is -0.281. The smallest absolute Gasteiger partial charge is 0.234 e. The van der Waals surface area contributed by atoms with E-state index in [0.717, 1.165) is 3.57 Å². The van der Waals surface area contributed by atoms with Gasteiger partial charge in [-0.15, -0.1) is 0 Å². The van der Waals surface area contributed by atoms with Crippen LogP contribution in [0.1, 0.15) is 6.42 Å². The largest absolute Gasteiger partial charge is 0.368 e. The van der Waals surface area contributed by atoms with Gasteiger partial charge < -0.3 is 11.1 Å². The Labute approximate surface area is 96.2 Å². The van der Waals surface area contributed by atoms with E-state index in [1.54, 1.807) is 17.9 Å². The maximum absolute atomic E-state index is 10.9. The number of aromatic nitrogens is 2. The zero-order valence-corrected chi connectivity index (χ0v) is 10.1. The molecule has 0 aromatic carbocycles. The van der Waals surface area contributed by atoms with Crippen molar-refractivity contribution in [1.82, 2.24) is 15.1 Å². The Balaban J connectivity index is 2.43. The molecular formula is C8H13IN4O. The molecular weight excluding hydrogens is 295 g/mol. The monoisotopic (exact) mass is 308 g/mol. The van der Waals surface area contributed by atoms with Crippen LogP contribution in [0, 0.1) is 3.57 Å². The van der Waals surface area contributed by atoms with Gasteiger partial charge in [0.1, 0.15) is 0 Å². The highest BCUT2D eigenvalue weighted by Crippen LogP contribution is 2.02. The maximum Gasteiger partial charge on any atom is 0.234 e. The molecule has 0 saturated heterocycles. The van der Waals surface area contributed by atoms with Crippen LogP contribution in [-0.2, 0) is 11.3 Å². The molecule has 1 aromatic heterocycles. The number of halogens is 1. The molecule has 1 atom stereocenters. The van der Waals surface area contributed by atoms with Gasteiger partial charge in [-0.3, -0.25) is 9.48 Å². The highest BCUT2D eigenvalue weighted by Gasteiger charge is 2.12. The molecule has 1 amide bonds. The number of nitrogens with zero attached hydrogens (tertiary/aromatic N) is 2. The van der Waals surface area contributed by atoms with Crippen LogP contribution >= 0.6 is 22.6 Å². The Morgan fingerprint density at radius 3 is 3.00 bits per heavy atom. The lowest BCUT2D eigenvalue weighted by Crippen LogP contribution is -2.39. The van der Waals surface area contributed by atoms with Crippen molar-refractivity contribution < 1.29 is 4.79 Å². The average molecular weight is 308 g/mol. The van der Waals surface area contributed by atoms with Crippen LogP contribution in [0.15, 0.2) is 12.4 Å². The van der Waals surface area contributed by atoms with Gasteiger partial charge in [-0.2, -0.15) is 5.10 Å². The van der Waals surface area contributed by atoms with E-state index in [1.165, 1.54) is 0 Å². The lowest BCUT2D eigenvalue weighted by molar-refractivity contribution is -0.120. The third-order valence-corrected chi connectivity index (χ3v) is 2.50. The second kappa shape index (κ2) is 5.30. The van der Waals surface area contributed by atoms with E-state index in [2.05, 4.69) is 33.0 Å². The van der Waals surface area contributed by atoms with Gasteiger partial charge in [0.15, 0.2) is 0 Å². The van der Waals surface area contributed by atoms with Crippen molar-refractivity contribution in [1.29, 1.82) is 0 Å². The number of nitrogens with two attached hydrogens (primary N) is 1. The second-order valence-electron chi connectivity index (χ2n) is 2.95. The fourth-order valence-electron chi connectivity index (χ4n) is 1.15. The number of hydrogen-bond donors (Lipinski definition) is 2. The van der Waals surface area contributed by atoms with Crippen molar-refractivity contribution in [2.24, 2.45) is 5.73 Å². The number of carbonyl (C=O) groups excluding carboxylic acids is 1. The lowest BCUT2D eigenvalue weighted by atomic mass is 10.2. The van der Waals surface area contributed by atoms with E-state index < -0.39 is 0 Å². The Kier molecular flexibility index (Phi) is 4.33. The number of hydrogen-bond acceptors (Lipinski definition) is 3. The number of rotatable bonds is 5. The Morgan fingerprint density at radius 2 is 2.57 bits per heavy atom. The van der Waals surface area contributed by atoms with Gasteiger partial charge in [-0.1, -0.05) is 0 Å². The highest BCUT2D eigenvalue weighted by molar-refractivity contribution is 14.1. The first-order valence-electron chi connectivity index (χ1n) is 4.28. The summed E-state index contributed by atoms with van der Waals surface area (Å²) in [7, 11) is 1.72. The minimum atomic E-state index is -0.325. The summed E-state index contributed by atoms with van der Waals surface area (Å²) in [5.74, 6) is -0.325. The Morgan fingerprint density at radius 1 is 1.86 bits per heavy atom. The number of amides is 1. The number of primary amides is 1. The van der Waals surface area contributed by atoms with Crippen molar-refractivity contribution in [3.05, 3.63) is 16.0 Å². The second-order valence-corrected chi connectivity index (χ2v) is 4.20. The standard InChI is InChI=1S/C8H13IN4O/c1-11-7(8(10)14)2-3-13-5-6(9)4-12-13/h4-5,7,11H,2-3H2,1H3,(H2,10,14). The first-order chi connectivity index (χ1) is 6.63. The zero-order valence-electron chi connectivity index (χ0n) is 7.90. The maximum atomic E-state index is 10.9. The summed E-state index contributed by atoms with van der Waals surface area (Å²) in [5.41, 5.74) is 5.18. The minimum Gasteiger partial charge on any atom is -0.368 e. The topological polar surface area (TPSA) is 72.9 Å². The fourth-order valence-corrected chi connectivity index (χ4v) is 1.60. The molecule has 3 N–H and O–H groups in total. The summed E-state index contributed by atoms with van der Waals surface area (Å²) in [5, 5.41) is 6.97. The average Bonchev–Trinajstić information content (AvgIpc) is 2.52. The van der Waals surface area contributed by atoms with E-state index >= 15 is 0 Å². The van der Waals surface area contributed by atoms with Gasteiger partial charge in [-0.25, -0.2) is 0 Å². The summed E-state index contributed by atoms with van der Waals surface area (Å²) in [6.07, 6.45) is 4.36. The molecule has 0 saturated carbocycles. The van der Waals surface area contributed by atoms with Gasteiger partial charge in [0, 0.05) is 12.7 Å². The third-order valence-electron chi connectivity index (χ3n) is 1.94. The molecule has 1 unspecified atom stereocenters. The molecule has 6 heteroatoms. The summed E-state index contributed by atoms with van der Waals surface area (Å²) in [4.78, 5) is 10.9. The predicted molar refractivity (Wildman–Crippen MR) is 61.6 cm³/mol. The van der Waals surface area contributed by atoms with Crippen LogP contribution in [0.3, 0.4) is 0 Å². The van der Waals surface area contributed by atoms with E-state index in [-0.39, 0.29) is 11.9 Å². The van der Waals surface area contributed by atoms with Crippen LogP contribution in [-0.4, -0.2) is 28.8 Å². The molecule has 14 heavy (non-hydrogen) atoms. The van der Waals surface area contributed by atoms with Gasteiger partial charge in [0.05, 0.1) is 15.8 Å². The lowest BCUT2D eigenvalue weighted by Gasteiger charge is -2.11. The van der Waals surface area contributed by atoms with Crippen LogP contribution in [0.2, 0.25) is 0 Å². The summed E-state index contributed by atoms with van der Waals surface area (Å²) in [6.45, 7) is 0.692.